The number of aromatic nitrogens is 1. The third kappa shape index (κ3) is 24.0. The van der Waals surface area contributed by atoms with Gasteiger partial charge in [0, 0.05) is 18.6 Å². The van der Waals surface area contributed by atoms with Crippen LogP contribution in [0.4, 0.5) is 0 Å². The minimum atomic E-state index is 1.19. The van der Waals surface area contributed by atoms with E-state index in [0.29, 0.717) is 0 Å². The van der Waals surface area contributed by atoms with Gasteiger partial charge in [-0.15, -0.1) is 0 Å². The van der Waals surface area contributed by atoms with Gasteiger partial charge in [-0.3, -0.25) is 0 Å². The molecule has 0 aliphatic heterocycles. The summed E-state index contributed by atoms with van der Waals surface area (Å²) < 4.78 is 2.40. The van der Waals surface area contributed by atoms with Crippen LogP contribution >= 0.6 is 0 Å². The molecule has 0 saturated carbocycles. The summed E-state index contributed by atoms with van der Waals surface area (Å²) in [5, 5.41) is 0. The van der Waals surface area contributed by atoms with Gasteiger partial charge >= 0.3 is 0 Å². The molecule has 0 bridgehead atoms. The van der Waals surface area contributed by atoms with Crippen LogP contribution in [0.5, 0.6) is 0 Å². The SMILES string of the molecule is CCCCCCCCCCCCCCCC[n+]1ccc(CCCCCCCCCCCCCCC)cc1. The molecule has 216 valence electrons. The van der Waals surface area contributed by atoms with E-state index in [-0.39, 0.29) is 0 Å². The normalized spacial score (nSPS) is 11.4. The second-order valence-corrected chi connectivity index (χ2v) is 12.0. The minimum absolute atomic E-state index is 1.19. The first-order valence-corrected chi connectivity index (χ1v) is 17.3. The third-order valence-electron chi connectivity index (χ3n) is 8.30. The van der Waals surface area contributed by atoms with Crippen molar-refractivity contribution in [1.82, 2.24) is 0 Å². The molecule has 0 fully saturated rings. The number of hydrogen-bond acceptors (Lipinski definition) is 0. The Kier molecular flexibility index (Phi) is 26.0. The van der Waals surface area contributed by atoms with Gasteiger partial charge in [-0.05, 0) is 24.8 Å². The Labute approximate surface area is 234 Å². The predicted molar refractivity (Wildman–Crippen MR) is 166 cm³/mol. The van der Waals surface area contributed by atoms with Gasteiger partial charge in [0.05, 0.1) is 0 Å². The number of nitrogens with zero attached hydrogens (tertiary/aromatic N) is 1. The molecular formula is C36H68N+. The number of hydrogen-bond donors (Lipinski definition) is 0. The Balaban J connectivity index is 1.84. The molecule has 0 saturated heterocycles. The Morgan fingerprint density at radius 3 is 1.03 bits per heavy atom. The molecule has 1 heteroatoms. The lowest BCUT2D eigenvalue weighted by atomic mass is 10.0. The van der Waals surface area contributed by atoms with Gasteiger partial charge in [0.15, 0.2) is 12.4 Å². The van der Waals surface area contributed by atoms with Gasteiger partial charge < -0.3 is 0 Å². The van der Waals surface area contributed by atoms with Gasteiger partial charge in [0.2, 0.25) is 0 Å². The summed E-state index contributed by atoms with van der Waals surface area (Å²) >= 11 is 0. The standard InChI is InChI=1S/C36H68N/c1-3-5-7-9-11-13-15-17-19-21-23-25-27-29-33-37-34-31-36(32-35-37)30-28-26-24-22-20-18-16-14-12-10-8-6-4-2/h31-32,34-35H,3-30,33H2,1-2H3/q+1. The molecule has 1 nitrogen and oxygen atoms in total. The molecule has 1 rings (SSSR count). The predicted octanol–water partition coefficient (Wildman–Crippen LogP) is 12.1. The van der Waals surface area contributed by atoms with Crippen LogP contribution in [0.3, 0.4) is 0 Å². The number of rotatable bonds is 29. The average Bonchev–Trinajstić information content (AvgIpc) is 2.92. The number of unbranched alkanes of at least 4 members (excludes halogenated alkanes) is 25. The maximum Gasteiger partial charge on any atom is 0.169 e. The first kappa shape index (κ1) is 34.2. The molecule has 0 amide bonds. The van der Waals surface area contributed by atoms with Crippen LogP contribution < -0.4 is 4.57 Å². The molecule has 0 aromatic carbocycles. The first-order valence-electron chi connectivity index (χ1n) is 17.3. The van der Waals surface area contributed by atoms with Crippen molar-refractivity contribution in [2.24, 2.45) is 0 Å². The molecule has 1 aromatic heterocycles. The zero-order valence-electron chi connectivity index (χ0n) is 25.8. The molecule has 0 atom stereocenters. The van der Waals surface area contributed by atoms with E-state index >= 15 is 0 Å². The molecule has 1 aromatic rings. The minimum Gasteiger partial charge on any atom is -0.205 e. The lowest BCUT2D eigenvalue weighted by molar-refractivity contribution is -0.697. The summed E-state index contributed by atoms with van der Waals surface area (Å²) in [5.74, 6) is 0. The van der Waals surface area contributed by atoms with E-state index in [4.69, 9.17) is 0 Å². The summed E-state index contributed by atoms with van der Waals surface area (Å²) in [6.45, 7) is 5.80. The highest BCUT2D eigenvalue weighted by Gasteiger charge is 2.02. The highest BCUT2D eigenvalue weighted by Crippen LogP contribution is 2.14. The second kappa shape index (κ2) is 28.2. The van der Waals surface area contributed by atoms with Crippen LogP contribution in [0.15, 0.2) is 24.5 Å². The van der Waals surface area contributed by atoms with Crippen molar-refractivity contribution in [3.8, 4) is 0 Å². The van der Waals surface area contributed by atoms with Crippen LogP contribution in [-0.4, -0.2) is 0 Å². The Bertz CT molecular complexity index is 548. The van der Waals surface area contributed by atoms with Gasteiger partial charge in [-0.25, -0.2) is 4.57 Å². The fraction of sp³-hybridized carbons (Fsp3) is 0.861. The highest BCUT2D eigenvalue weighted by molar-refractivity contribution is 5.07. The van der Waals surface area contributed by atoms with E-state index in [1.807, 2.05) is 0 Å². The summed E-state index contributed by atoms with van der Waals surface area (Å²) in [5.41, 5.74) is 1.53. The van der Waals surface area contributed by atoms with E-state index in [1.54, 1.807) is 0 Å². The maximum atomic E-state index is 2.40. The van der Waals surface area contributed by atoms with Gasteiger partial charge in [-0.1, -0.05) is 168 Å². The third-order valence-corrected chi connectivity index (χ3v) is 8.30. The molecule has 0 unspecified atom stereocenters. The Morgan fingerprint density at radius 2 is 0.676 bits per heavy atom. The monoisotopic (exact) mass is 515 g/mol. The van der Waals surface area contributed by atoms with Crippen molar-refractivity contribution >= 4 is 0 Å². The first-order chi connectivity index (χ1) is 18.4. The quantitative estimate of drug-likeness (QED) is 0.0739. The van der Waals surface area contributed by atoms with E-state index in [2.05, 4.69) is 42.9 Å². The molecule has 0 spiro atoms. The molecular weight excluding hydrogens is 446 g/mol. The zero-order chi connectivity index (χ0) is 26.5. The maximum absolute atomic E-state index is 2.40. The molecule has 0 radical (unpaired) electrons. The van der Waals surface area contributed by atoms with E-state index in [1.165, 1.54) is 192 Å². The van der Waals surface area contributed by atoms with E-state index in [0.717, 1.165) is 0 Å². The molecule has 1 heterocycles. The van der Waals surface area contributed by atoms with Crippen LogP contribution in [0.1, 0.15) is 193 Å². The van der Waals surface area contributed by atoms with Crippen molar-refractivity contribution in [2.45, 2.75) is 200 Å². The van der Waals surface area contributed by atoms with Gasteiger partial charge in [0.25, 0.3) is 0 Å². The van der Waals surface area contributed by atoms with Crippen molar-refractivity contribution in [2.75, 3.05) is 0 Å². The van der Waals surface area contributed by atoms with Crippen LogP contribution in [0.25, 0.3) is 0 Å². The van der Waals surface area contributed by atoms with Crippen LogP contribution in [-0.2, 0) is 13.0 Å². The van der Waals surface area contributed by atoms with E-state index < -0.39 is 0 Å². The molecule has 0 aliphatic carbocycles. The lowest BCUT2D eigenvalue weighted by Gasteiger charge is -2.04. The lowest BCUT2D eigenvalue weighted by Crippen LogP contribution is -2.32. The smallest absolute Gasteiger partial charge is 0.169 e. The van der Waals surface area contributed by atoms with Crippen molar-refractivity contribution < 1.29 is 4.57 Å². The summed E-state index contributed by atoms with van der Waals surface area (Å²) in [4.78, 5) is 0. The van der Waals surface area contributed by atoms with Gasteiger partial charge in [0.1, 0.15) is 6.54 Å². The van der Waals surface area contributed by atoms with Crippen LogP contribution in [0.2, 0.25) is 0 Å². The van der Waals surface area contributed by atoms with Crippen molar-refractivity contribution in [3.05, 3.63) is 30.1 Å². The zero-order valence-corrected chi connectivity index (χ0v) is 25.8. The van der Waals surface area contributed by atoms with E-state index in [9.17, 15) is 0 Å². The highest BCUT2D eigenvalue weighted by atomic mass is 14.9. The largest absolute Gasteiger partial charge is 0.205 e. The summed E-state index contributed by atoms with van der Waals surface area (Å²) in [6.07, 6.45) is 44.7. The topological polar surface area (TPSA) is 3.88 Å². The summed E-state index contributed by atoms with van der Waals surface area (Å²) in [7, 11) is 0. The van der Waals surface area contributed by atoms with Gasteiger partial charge in [-0.2, -0.15) is 0 Å². The fourth-order valence-electron chi connectivity index (χ4n) is 5.64. The van der Waals surface area contributed by atoms with Crippen molar-refractivity contribution in [3.63, 3.8) is 0 Å². The molecule has 37 heavy (non-hydrogen) atoms. The summed E-state index contributed by atoms with van der Waals surface area (Å²) in [6, 6.07) is 4.73. The van der Waals surface area contributed by atoms with Crippen molar-refractivity contribution in [1.29, 1.82) is 0 Å². The Morgan fingerprint density at radius 1 is 0.378 bits per heavy atom. The fourth-order valence-corrected chi connectivity index (χ4v) is 5.64. The Hall–Kier alpha value is -0.850. The molecule has 0 N–H and O–H groups in total. The number of pyridine rings is 1. The number of aryl methyl sites for hydroxylation is 2. The molecule has 0 aliphatic rings. The second-order valence-electron chi connectivity index (χ2n) is 12.0. The van der Waals surface area contributed by atoms with Crippen LogP contribution in [0, 0.1) is 0 Å². The average molecular weight is 515 g/mol.